The molecular weight excluding hydrogens is 156 g/mol. The van der Waals surface area contributed by atoms with E-state index in [1.807, 2.05) is 0 Å². The molecule has 0 unspecified atom stereocenters. The first-order valence-electron chi connectivity index (χ1n) is 4.87. The fourth-order valence-corrected chi connectivity index (χ4v) is 1.64. The first-order valence-corrected chi connectivity index (χ1v) is 4.87. The van der Waals surface area contributed by atoms with E-state index in [2.05, 4.69) is 45.5 Å². The van der Waals surface area contributed by atoms with E-state index >= 15 is 0 Å². The van der Waals surface area contributed by atoms with Crippen LogP contribution < -0.4 is 0 Å². The molecule has 0 aliphatic heterocycles. The van der Waals surface area contributed by atoms with E-state index in [1.165, 1.54) is 22.3 Å². The van der Waals surface area contributed by atoms with Gasteiger partial charge in [-0.1, -0.05) is 37.3 Å². The summed E-state index contributed by atoms with van der Waals surface area (Å²) in [6.07, 6.45) is 2.13. The Labute approximate surface area is 81.3 Å². The van der Waals surface area contributed by atoms with Crippen LogP contribution in [-0.4, -0.2) is 0 Å². The third-order valence-electron chi connectivity index (χ3n) is 2.43. The first kappa shape index (κ1) is 10.0. The molecule has 0 aliphatic rings. The van der Waals surface area contributed by atoms with Crippen LogP contribution in [0.15, 0.2) is 30.4 Å². The second-order valence-corrected chi connectivity index (χ2v) is 3.69. The Hall–Kier alpha value is -1.04. The molecule has 0 saturated heterocycles. The number of allylic oxidation sites excluding steroid dienone is 1. The number of rotatable bonds is 3. The van der Waals surface area contributed by atoms with Crippen LogP contribution in [-0.2, 0) is 12.8 Å². The monoisotopic (exact) mass is 174 g/mol. The highest BCUT2D eigenvalue weighted by Gasteiger charge is 2.01. The zero-order valence-electron chi connectivity index (χ0n) is 8.85. The van der Waals surface area contributed by atoms with Crippen molar-refractivity contribution in [2.45, 2.75) is 33.6 Å². The summed E-state index contributed by atoms with van der Waals surface area (Å²) in [6.45, 7) is 10.4. The average Bonchev–Trinajstić information content (AvgIpc) is 2.08. The molecule has 0 bridgehead atoms. The summed E-state index contributed by atoms with van der Waals surface area (Å²) in [5.41, 5.74) is 5.55. The van der Waals surface area contributed by atoms with Crippen molar-refractivity contribution in [1.82, 2.24) is 0 Å². The van der Waals surface area contributed by atoms with E-state index in [-0.39, 0.29) is 0 Å². The second kappa shape index (κ2) is 4.27. The molecule has 0 atom stereocenters. The van der Waals surface area contributed by atoms with Crippen LogP contribution in [0.4, 0.5) is 0 Å². The van der Waals surface area contributed by atoms with Crippen LogP contribution in [0.2, 0.25) is 0 Å². The molecule has 0 nitrogen and oxygen atoms in total. The van der Waals surface area contributed by atoms with Gasteiger partial charge in [-0.15, -0.1) is 0 Å². The van der Waals surface area contributed by atoms with Crippen molar-refractivity contribution in [2.75, 3.05) is 0 Å². The summed E-state index contributed by atoms with van der Waals surface area (Å²) in [5.74, 6) is 0. The topological polar surface area (TPSA) is 0 Å². The Balaban J connectivity index is 3.01. The van der Waals surface area contributed by atoms with Crippen LogP contribution in [0, 0.1) is 6.92 Å². The van der Waals surface area contributed by atoms with Crippen LogP contribution in [0.25, 0.3) is 0 Å². The Morgan fingerprint density at radius 2 is 1.92 bits per heavy atom. The van der Waals surface area contributed by atoms with Crippen molar-refractivity contribution >= 4 is 0 Å². The van der Waals surface area contributed by atoms with Gasteiger partial charge in [0.25, 0.3) is 0 Å². The van der Waals surface area contributed by atoms with Gasteiger partial charge in [0, 0.05) is 0 Å². The van der Waals surface area contributed by atoms with E-state index in [4.69, 9.17) is 0 Å². The predicted molar refractivity (Wildman–Crippen MR) is 59.1 cm³/mol. The summed E-state index contributed by atoms with van der Waals surface area (Å²) in [7, 11) is 0. The Morgan fingerprint density at radius 1 is 1.31 bits per heavy atom. The zero-order chi connectivity index (χ0) is 9.84. The normalized spacial score (nSPS) is 10.1. The van der Waals surface area contributed by atoms with Crippen molar-refractivity contribution in [1.29, 1.82) is 0 Å². The maximum Gasteiger partial charge on any atom is -0.00699 e. The van der Waals surface area contributed by atoms with Gasteiger partial charge in [-0.3, -0.25) is 0 Å². The van der Waals surface area contributed by atoms with Crippen LogP contribution in [0.5, 0.6) is 0 Å². The van der Waals surface area contributed by atoms with Crippen molar-refractivity contribution in [2.24, 2.45) is 0 Å². The average molecular weight is 174 g/mol. The standard InChI is InChI=1S/C13H18/c1-5-12-7-6-8-13(11(12)4)9-10(2)3/h6-8H,2,5,9H2,1,3-4H3. The molecule has 0 fully saturated rings. The van der Waals surface area contributed by atoms with E-state index in [1.54, 1.807) is 0 Å². The molecule has 0 heterocycles. The Morgan fingerprint density at radius 3 is 2.46 bits per heavy atom. The largest absolute Gasteiger partial charge is 0.0998 e. The molecule has 0 amide bonds. The number of hydrogen-bond donors (Lipinski definition) is 0. The maximum absolute atomic E-state index is 3.95. The molecule has 0 heteroatoms. The lowest BCUT2D eigenvalue weighted by atomic mass is 9.97. The fraction of sp³-hybridized carbons (Fsp3) is 0.385. The molecule has 1 rings (SSSR count). The third kappa shape index (κ3) is 2.45. The lowest BCUT2D eigenvalue weighted by Gasteiger charge is -2.09. The van der Waals surface area contributed by atoms with Crippen molar-refractivity contribution in [3.63, 3.8) is 0 Å². The molecule has 13 heavy (non-hydrogen) atoms. The molecule has 0 N–H and O–H groups in total. The minimum Gasteiger partial charge on any atom is -0.0998 e. The lowest BCUT2D eigenvalue weighted by molar-refractivity contribution is 1.05. The van der Waals surface area contributed by atoms with E-state index in [0.29, 0.717) is 0 Å². The number of hydrogen-bond acceptors (Lipinski definition) is 0. The van der Waals surface area contributed by atoms with Crippen molar-refractivity contribution in [3.05, 3.63) is 47.0 Å². The van der Waals surface area contributed by atoms with Gasteiger partial charge in [0.1, 0.15) is 0 Å². The SMILES string of the molecule is C=C(C)Cc1cccc(CC)c1C. The predicted octanol–water partition coefficient (Wildman–Crippen LogP) is 3.68. The smallest absolute Gasteiger partial charge is 0.00699 e. The molecule has 0 saturated carbocycles. The van der Waals surface area contributed by atoms with Gasteiger partial charge < -0.3 is 0 Å². The fourth-order valence-electron chi connectivity index (χ4n) is 1.64. The number of aryl methyl sites for hydroxylation is 1. The van der Waals surface area contributed by atoms with Crippen LogP contribution in [0.3, 0.4) is 0 Å². The highest BCUT2D eigenvalue weighted by Crippen LogP contribution is 2.16. The zero-order valence-corrected chi connectivity index (χ0v) is 8.85. The molecule has 1 aromatic carbocycles. The van der Waals surface area contributed by atoms with Gasteiger partial charge >= 0.3 is 0 Å². The minimum absolute atomic E-state index is 1.01. The molecule has 70 valence electrons. The Kier molecular flexibility index (Phi) is 3.30. The van der Waals surface area contributed by atoms with Crippen LogP contribution in [0.1, 0.15) is 30.5 Å². The molecular formula is C13H18. The van der Waals surface area contributed by atoms with Gasteiger partial charge in [0.2, 0.25) is 0 Å². The van der Waals surface area contributed by atoms with Gasteiger partial charge in [-0.25, -0.2) is 0 Å². The highest BCUT2D eigenvalue weighted by atomic mass is 14.1. The molecule has 0 spiro atoms. The maximum atomic E-state index is 3.95. The Bertz CT molecular complexity index is 308. The summed E-state index contributed by atoms with van der Waals surface area (Å²) in [6, 6.07) is 6.55. The number of benzene rings is 1. The van der Waals surface area contributed by atoms with Gasteiger partial charge in [-0.2, -0.15) is 0 Å². The van der Waals surface area contributed by atoms with Crippen molar-refractivity contribution in [3.8, 4) is 0 Å². The molecule has 1 aromatic rings. The van der Waals surface area contributed by atoms with Gasteiger partial charge in [-0.05, 0) is 43.4 Å². The summed E-state index contributed by atoms with van der Waals surface area (Å²) >= 11 is 0. The third-order valence-corrected chi connectivity index (χ3v) is 2.43. The lowest BCUT2D eigenvalue weighted by Crippen LogP contribution is -1.94. The summed E-state index contributed by atoms with van der Waals surface area (Å²) < 4.78 is 0. The quantitative estimate of drug-likeness (QED) is 0.613. The van der Waals surface area contributed by atoms with Gasteiger partial charge in [0.15, 0.2) is 0 Å². The molecule has 0 aliphatic carbocycles. The summed E-state index contributed by atoms with van der Waals surface area (Å²) in [5, 5.41) is 0. The van der Waals surface area contributed by atoms with E-state index in [9.17, 15) is 0 Å². The van der Waals surface area contributed by atoms with E-state index < -0.39 is 0 Å². The highest BCUT2D eigenvalue weighted by molar-refractivity contribution is 5.36. The van der Waals surface area contributed by atoms with E-state index in [0.717, 1.165) is 12.8 Å². The minimum atomic E-state index is 1.01. The second-order valence-electron chi connectivity index (χ2n) is 3.69. The first-order chi connectivity index (χ1) is 6.15. The van der Waals surface area contributed by atoms with Gasteiger partial charge in [0.05, 0.1) is 0 Å². The molecule has 0 radical (unpaired) electrons. The van der Waals surface area contributed by atoms with Crippen LogP contribution >= 0.6 is 0 Å². The summed E-state index contributed by atoms with van der Waals surface area (Å²) in [4.78, 5) is 0. The molecule has 0 aromatic heterocycles. The van der Waals surface area contributed by atoms with Crippen molar-refractivity contribution < 1.29 is 0 Å².